The van der Waals surface area contributed by atoms with E-state index in [0.717, 1.165) is 17.9 Å². The third-order valence-electron chi connectivity index (χ3n) is 3.46. The number of likely N-dealkylation sites (N-methyl/N-ethyl adjacent to an activating group) is 1. The van der Waals surface area contributed by atoms with Gasteiger partial charge in [0.15, 0.2) is 0 Å². The molecule has 0 aromatic carbocycles. The van der Waals surface area contributed by atoms with Crippen molar-refractivity contribution in [3.05, 3.63) is 11.9 Å². The Balaban J connectivity index is 2.15. The molecule has 1 aliphatic heterocycles. The number of nitrogens with one attached hydrogen (secondary N) is 1. The zero-order valence-corrected chi connectivity index (χ0v) is 11.5. The molecule has 0 spiro atoms. The number of anilines is 2. The third-order valence-corrected chi connectivity index (χ3v) is 3.46. The molecule has 1 aliphatic rings. The number of likely N-dealkylation sites (tertiary alicyclic amines) is 1. The van der Waals surface area contributed by atoms with Gasteiger partial charge in [-0.15, -0.1) is 0 Å². The Morgan fingerprint density at radius 1 is 1.44 bits per heavy atom. The number of aromatic nitrogens is 2. The summed E-state index contributed by atoms with van der Waals surface area (Å²) in [6.45, 7) is 6.48. The van der Waals surface area contributed by atoms with Crippen LogP contribution in [0.4, 0.5) is 11.6 Å². The lowest BCUT2D eigenvalue weighted by Crippen LogP contribution is -2.40. The molecule has 1 fully saturated rings. The van der Waals surface area contributed by atoms with Crippen LogP contribution in [0.3, 0.4) is 0 Å². The lowest BCUT2D eigenvalue weighted by atomic mass is 10.0. The molecule has 5 heteroatoms. The van der Waals surface area contributed by atoms with E-state index in [0.29, 0.717) is 17.8 Å². The van der Waals surface area contributed by atoms with Crippen LogP contribution in [0.1, 0.15) is 38.2 Å². The SMILES string of the molecule is CC(C)c1c(N)ncnc1NC1CCCN(C)C1. The summed E-state index contributed by atoms with van der Waals surface area (Å²) < 4.78 is 0. The molecule has 0 aliphatic carbocycles. The predicted octanol–water partition coefficient (Wildman–Crippen LogP) is 1.69. The maximum Gasteiger partial charge on any atom is 0.135 e. The molecule has 2 heterocycles. The highest BCUT2D eigenvalue weighted by Gasteiger charge is 2.20. The Hall–Kier alpha value is -1.36. The predicted molar refractivity (Wildman–Crippen MR) is 74.7 cm³/mol. The highest BCUT2D eigenvalue weighted by atomic mass is 15.2. The minimum Gasteiger partial charge on any atom is -0.383 e. The van der Waals surface area contributed by atoms with Gasteiger partial charge in [-0.1, -0.05) is 13.8 Å². The van der Waals surface area contributed by atoms with E-state index in [-0.39, 0.29) is 0 Å². The molecule has 100 valence electrons. The smallest absolute Gasteiger partial charge is 0.135 e. The van der Waals surface area contributed by atoms with Crippen molar-refractivity contribution in [1.82, 2.24) is 14.9 Å². The normalized spacial score (nSPS) is 21.2. The molecular formula is C13H23N5. The summed E-state index contributed by atoms with van der Waals surface area (Å²) >= 11 is 0. The molecule has 18 heavy (non-hydrogen) atoms. The van der Waals surface area contributed by atoms with Gasteiger partial charge in [0.25, 0.3) is 0 Å². The first-order valence-corrected chi connectivity index (χ1v) is 6.63. The highest BCUT2D eigenvalue weighted by Crippen LogP contribution is 2.27. The van der Waals surface area contributed by atoms with Crippen molar-refractivity contribution in [3.8, 4) is 0 Å². The first kappa shape index (κ1) is 13.1. The summed E-state index contributed by atoms with van der Waals surface area (Å²) in [5.74, 6) is 1.82. The fourth-order valence-electron chi connectivity index (χ4n) is 2.57. The van der Waals surface area contributed by atoms with Crippen molar-refractivity contribution in [2.24, 2.45) is 0 Å². The topological polar surface area (TPSA) is 67.1 Å². The zero-order chi connectivity index (χ0) is 13.1. The van der Waals surface area contributed by atoms with Gasteiger partial charge in [0.1, 0.15) is 18.0 Å². The van der Waals surface area contributed by atoms with Gasteiger partial charge in [-0.2, -0.15) is 0 Å². The summed E-state index contributed by atoms with van der Waals surface area (Å²) in [6.07, 6.45) is 3.95. The minimum absolute atomic E-state index is 0.329. The van der Waals surface area contributed by atoms with Crippen LogP contribution in [0.2, 0.25) is 0 Å². The molecule has 1 atom stereocenters. The van der Waals surface area contributed by atoms with Crippen LogP contribution in [0.5, 0.6) is 0 Å². The van der Waals surface area contributed by atoms with E-state index >= 15 is 0 Å². The van der Waals surface area contributed by atoms with E-state index in [1.165, 1.54) is 25.7 Å². The summed E-state index contributed by atoms with van der Waals surface area (Å²) in [7, 11) is 2.16. The first-order chi connectivity index (χ1) is 8.58. The number of rotatable bonds is 3. The number of hydrogen-bond acceptors (Lipinski definition) is 5. The lowest BCUT2D eigenvalue weighted by Gasteiger charge is -2.31. The number of nitrogens with two attached hydrogens (primary N) is 1. The monoisotopic (exact) mass is 249 g/mol. The van der Waals surface area contributed by atoms with Gasteiger partial charge in [0.05, 0.1) is 0 Å². The Bertz CT molecular complexity index is 404. The number of piperidine rings is 1. The van der Waals surface area contributed by atoms with Crippen molar-refractivity contribution >= 4 is 11.6 Å². The molecule has 2 rings (SSSR count). The molecule has 1 saturated heterocycles. The van der Waals surface area contributed by atoms with Crippen molar-refractivity contribution in [1.29, 1.82) is 0 Å². The molecule has 5 nitrogen and oxygen atoms in total. The molecule has 0 radical (unpaired) electrons. The molecule has 1 aromatic rings. The van der Waals surface area contributed by atoms with Gasteiger partial charge in [-0.05, 0) is 32.4 Å². The summed E-state index contributed by atoms with van der Waals surface area (Å²) in [6, 6.07) is 0.454. The van der Waals surface area contributed by atoms with Gasteiger partial charge in [-0.25, -0.2) is 9.97 Å². The van der Waals surface area contributed by atoms with E-state index in [9.17, 15) is 0 Å². The summed E-state index contributed by atoms with van der Waals surface area (Å²) in [5, 5.41) is 3.53. The van der Waals surface area contributed by atoms with E-state index in [2.05, 4.69) is 41.1 Å². The Morgan fingerprint density at radius 3 is 2.89 bits per heavy atom. The van der Waals surface area contributed by atoms with Crippen LogP contribution in [-0.2, 0) is 0 Å². The summed E-state index contributed by atoms with van der Waals surface area (Å²) in [5.41, 5.74) is 6.99. The molecule has 1 unspecified atom stereocenters. The Morgan fingerprint density at radius 2 is 2.22 bits per heavy atom. The number of nitrogens with zero attached hydrogens (tertiary/aromatic N) is 3. The molecule has 1 aromatic heterocycles. The summed E-state index contributed by atoms with van der Waals surface area (Å²) in [4.78, 5) is 10.8. The van der Waals surface area contributed by atoms with Gasteiger partial charge < -0.3 is 16.0 Å². The quantitative estimate of drug-likeness (QED) is 0.853. The van der Waals surface area contributed by atoms with Gasteiger partial charge in [0, 0.05) is 18.2 Å². The van der Waals surface area contributed by atoms with Crippen molar-refractivity contribution < 1.29 is 0 Å². The third kappa shape index (κ3) is 2.90. The fourth-order valence-corrected chi connectivity index (χ4v) is 2.57. The van der Waals surface area contributed by atoms with Gasteiger partial charge in [0.2, 0.25) is 0 Å². The average Bonchev–Trinajstić information content (AvgIpc) is 2.28. The van der Waals surface area contributed by atoms with Crippen molar-refractivity contribution in [2.45, 2.75) is 38.6 Å². The average molecular weight is 249 g/mol. The number of hydrogen-bond donors (Lipinski definition) is 2. The Labute approximate surface area is 109 Å². The van der Waals surface area contributed by atoms with Crippen LogP contribution in [0.25, 0.3) is 0 Å². The zero-order valence-electron chi connectivity index (χ0n) is 11.5. The van der Waals surface area contributed by atoms with Gasteiger partial charge in [-0.3, -0.25) is 0 Å². The molecule has 0 bridgehead atoms. The number of nitrogen functional groups attached to an aromatic ring is 1. The molecule has 3 N–H and O–H groups in total. The minimum atomic E-state index is 0.329. The standard InChI is InChI=1S/C13H23N5/c1-9(2)11-12(14)15-8-16-13(11)17-10-5-4-6-18(3)7-10/h8-10H,4-7H2,1-3H3,(H3,14,15,16,17). The van der Waals surface area contributed by atoms with E-state index in [1.807, 2.05) is 0 Å². The second-order valence-electron chi connectivity index (χ2n) is 5.42. The van der Waals surface area contributed by atoms with Crippen LogP contribution in [-0.4, -0.2) is 41.0 Å². The van der Waals surface area contributed by atoms with Crippen molar-refractivity contribution in [2.75, 3.05) is 31.2 Å². The molecular weight excluding hydrogens is 226 g/mol. The van der Waals surface area contributed by atoms with E-state index in [4.69, 9.17) is 5.73 Å². The second-order valence-corrected chi connectivity index (χ2v) is 5.42. The molecule has 0 amide bonds. The highest BCUT2D eigenvalue weighted by molar-refractivity contribution is 5.57. The van der Waals surface area contributed by atoms with Gasteiger partial charge >= 0.3 is 0 Å². The largest absolute Gasteiger partial charge is 0.383 e. The first-order valence-electron chi connectivity index (χ1n) is 6.63. The maximum absolute atomic E-state index is 5.95. The Kier molecular flexibility index (Phi) is 4.01. The van der Waals surface area contributed by atoms with Crippen LogP contribution < -0.4 is 11.1 Å². The fraction of sp³-hybridized carbons (Fsp3) is 0.692. The van der Waals surface area contributed by atoms with Crippen LogP contribution >= 0.6 is 0 Å². The van der Waals surface area contributed by atoms with Crippen LogP contribution in [0.15, 0.2) is 6.33 Å². The van der Waals surface area contributed by atoms with E-state index in [1.54, 1.807) is 0 Å². The lowest BCUT2D eigenvalue weighted by molar-refractivity contribution is 0.260. The van der Waals surface area contributed by atoms with Crippen molar-refractivity contribution in [3.63, 3.8) is 0 Å². The van der Waals surface area contributed by atoms with Crippen LogP contribution in [0, 0.1) is 0 Å². The maximum atomic E-state index is 5.95. The second kappa shape index (κ2) is 5.52. The molecule has 0 saturated carbocycles. The van der Waals surface area contributed by atoms with E-state index < -0.39 is 0 Å².